The van der Waals surface area contributed by atoms with Crippen LogP contribution >= 0.6 is 11.6 Å². The first-order chi connectivity index (χ1) is 8.29. The van der Waals surface area contributed by atoms with Crippen LogP contribution in [0.25, 0.3) is 0 Å². The molecule has 0 bridgehead atoms. The average Bonchev–Trinajstić information content (AvgIpc) is 2.38. The monoisotopic (exact) mass is 256 g/mol. The Morgan fingerprint density at radius 2 is 2.00 bits per heavy atom. The van der Waals surface area contributed by atoms with E-state index in [0.717, 1.165) is 45.1 Å². The van der Waals surface area contributed by atoms with E-state index in [-0.39, 0.29) is 0 Å². The number of aromatic nitrogens is 2. The molecular weight excluding hydrogens is 240 g/mol. The highest BCUT2D eigenvalue weighted by Crippen LogP contribution is 2.13. The van der Waals surface area contributed by atoms with Crippen molar-refractivity contribution < 1.29 is 4.74 Å². The van der Waals surface area contributed by atoms with E-state index < -0.39 is 0 Å². The van der Waals surface area contributed by atoms with Crippen LogP contribution in [0.4, 0.5) is 5.82 Å². The average molecular weight is 257 g/mol. The normalized spacial score (nSPS) is 17.4. The highest BCUT2D eigenvalue weighted by Gasteiger charge is 2.17. The first-order valence-corrected chi connectivity index (χ1v) is 6.13. The van der Waals surface area contributed by atoms with Gasteiger partial charge < -0.3 is 9.64 Å². The predicted molar refractivity (Wildman–Crippen MR) is 67.6 cm³/mol. The number of hydrogen-bond donors (Lipinski definition) is 0. The molecule has 0 amide bonds. The fourth-order valence-electron chi connectivity index (χ4n) is 1.90. The van der Waals surface area contributed by atoms with Gasteiger partial charge in [-0.3, -0.25) is 4.90 Å². The van der Waals surface area contributed by atoms with Crippen LogP contribution in [-0.4, -0.2) is 61.5 Å². The number of methoxy groups -OCH3 is 1. The van der Waals surface area contributed by atoms with Crippen LogP contribution < -0.4 is 4.90 Å². The summed E-state index contributed by atoms with van der Waals surface area (Å²) in [6.07, 6.45) is 0. The molecule has 0 N–H and O–H groups in total. The van der Waals surface area contributed by atoms with E-state index in [2.05, 4.69) is 20.0 Å². The van der Waals surface area contributed by atoms with Crippen LogP contribution in [0.2, 0.25) is 5.15 Å². The van der Waals surface area contributed by atoms with Crippen molar-refractivity contribution in [2.75, 3.05) is 51.3 Å². The van der Waals surface area contributed by atoms with Gasteiger partial charge in [0.2, 0.25) is 0 Å². The lowest BCUT2D eigenvalue weighted by molar-refractivity contribution is 0.144. The van der Waals surface area contributed by atoms with E-state index in [0.29, 0.717) is 5.15 Å². The molecule has 5 nitrogen and oxygen atoms in total. The number of rotatable bonds is 4. The summed E-state index contributed by atoms with van der Waals surface area (Å²) in [6.45, 7) is 5.80. The molecule has 6 heteroatoms. The number of anilines is 1. The molecule has 1 aliphatic heterocycles. The minimum atomic E-state index is 0.437. The fourth-order valence-corrected chi connectivity index (χ4v) is 2.00. The Balaban J connectivity index is 1.84. The van der Waals surface area contributed by atoms with Crippen LogP contribution in [0.1, 0.15) is 0 Å². The summed E-state index contributed by atoms with van der Waals surface area (Å²) in [4.78, 5) is 4.62. The maximum atomic E-state index is 5.72. The topological polar surface area (TPSA) is 41.5 Å². The SMILES string of the molecule is COCCN1CCN(c2ccc(Cl)nn2)CC1. The van der Waals surface area contributed by atoms with Crippen molar-refractivity contribution in [3.63, 3.8) is 0 Å². The minimum absolute atomic E-state index is 0.437. The first-order valence-electron chi connectivity index (χ1n) is 5.75. The number of hydrogen-bond acceptors (Lipinski definition) is 5. The summed E-state index contributed by atoms with van der Waals surface area (Å²) in [5, 5.41) is 8.39. The summed E-state index contributed by atoms with van der Waals surface area (Å²) in [5.41, 5.74) is 0. The Kier molecular flexibility index (Phi) is 4.53. The third kappa shape index (κ3) is 3.52. The first kappa shape index (κ1) is 12.5. The number of nitrogens with zero attached hydrogens (tertiary/aromatic N) is 4. The van der Waals surface area contributed by atoms with Gasteiger partial charge in [-0.25, -0.2) is 0 Å². The maximum Gasteiger partial charge on any atom is 0.151 e. The van der Waals surface area contributed by atoms with Crippen LogP contribution in [0.5, 0.6) is 0 Å². The molecular formula is C11H17ClN4O. The summed E-state index contributed by atoms with van der Waals surface area (Å²) < 4.78 is 5.08. The van der Waals surface area contributed by atoms with Gasteiger partial charge in [0.25, 0.3) is 0 Å². The molecule has 0 saturated carbocycles. The predicted octanol–water partition coefficient (Wildman–Crippen LogP) is 0.898. The van der Waals surface area contributed by atoms with Gasteiger partial charge in [0.05, 0.1) is 6.61 Å². The Morgan fingerprint density at radius 3 is 2.59 bits per heavy atom. The van der Waals surface area contributed by atoms with Crippen molar-refractivity contribution in [3.8, 4) is 0 Å². The summed E-state index contributed by atoms with van der Waals surface area (Å²) >= 11 is 5.72. The molecule has 94 valence electrons. The molecule has 1 aliphatic rings. The van der Waals surface area contributed by atoms with Crippen LogP contribution in [0, 0.1) is 0 Å². The van der Waals surface area contributed by atoms with E-state index in [1.165, 1.54) is 0 Å². The molecule has 1 fully saturated rings. The zero-order valence-electron chi connectivity index (χ0n) is 9.97. The molecule has 0 unspecified atom stereocenters. The van der Waals surface area contributed by atoms with E-state index in [9.17, 15) is 0 Å². The second-order valence-corrected chi connectivity index (χ2v) is 4.42. The highest BCUT2D eigenvalue weighted by atomic mass is 35.5. The van der Waals surface area contributed by atoms with Gasteiger partial charge in [-0.15, -0.1) is 10.2 Å². The lowest BCUT2D eigenvalue weighted by Crippen LogP contribution is -2.47. The van der Waals surface area contributed by atoms with E-state index >= 15 is 0 Å². The van der Waals surface area contributed by atoms with Crippen LogP contribution in [0.3, 0.4) is 0 Å². The molecule has 0 radical (unpaired) electrons. The van der Waals surface area contributed by atoms with Gasteiger partial charge in [0.1, 0.15) is 0 Å². The van der Waals surface area contributed by atoms with Gasteiger partial charge in [-0.2, -0.15) is 0 Å². The van der Waals surface area contributed by atoms with Crippen molar-refractivity contribution in [1.82, 2.24) is 15.1 Å². The fraction of sp³-hybridized carbons (Fsp3) is 0.636. The lowest BCUT2D eigenvalue weighted by atomic mass is 10.3. The Hall–Kier alpha value is -0.910. The third-order valence-corrected chi connectivity index (χ3v) is 3.13. The van der Waals surface area contributed by atoms with Gasteiger partial charge in [-0.1, -0.05) is 11.6 Å². The number of halogens is 1. The van der Waals surface area contributed by atoms with Gasteiger partial charge in [0.15, 0.2) is 11.0 Å². The Bertz CT molecular complexity index is 338. The van der Waals surface area contributed by atoms with Crippen molar-refractivity contribution in [2.45, 2.75) is 0 Å². The molecule has 1 aromatic heterocycles. The summed E-state index contributed by atoms with van der Waals surface area (Å²) in [7, 11) is 1.74. The minimum Gasteiger partial charge on any atom is -0.383 e. The van der Waals surface area contributed by atoms with E-state index in [1.807, 2.05) is 6.07 Å². The van der Waals surface area contributed by atoms with Crippen LogP contribution in [-0.2, 0) is 4.74 Å². The second-order valence-electron chi connectivity index (χ2n) is 4.04. The number of ether oxygens (including phenoxy) is 1. The van der Waals surface area contributed by atoms with Crippen molar-refractivity contribution in [3.05, 3.63) is 17.3 Å². The molecule has 0 aromatic carbocycles. The zero-order chi connectivity index (χ0) is 12.1. The molecule has 1 aromatic rings. The zero-order valence-corrected chi connectivity index (χ0v) is 10.7. The summed E-state index contributed by atoms with van der Waals surface area (Å²) in [5.74, 6) is 0.904. The molecule has 17 heavy (non-hydrogen) atoms. The Labute approximate surface area is 106 Å². The quantitative estimate of drug-likeness (QED) is 0.801. The second kappa shape index (κ2) is 6.14. The largest absolute Gasteiger partial charge is 0.383 e. The third-order valence-electron chi connectivity index (χ3n) is 2.93. The Morgan fingerprint density at radius 1 is 1.24 bits per heavy atom. The molecule has 2 rings (SSSR count). The van der Waals surface area contributed by atoms with Gasteiger partial charge in [0, 0.05) is 39.8 Å². The molecule has 0 spiro atoms. The number of piperazine rings is 1. The van der Waals surface area contributed by atoms with Gasteiger partial charge in [-0.05, 0) is 12.1 Å². The van der Waals surface area contributed by atoms with Crippen molar-refractivity contribution >= 4 is 17.4 Å². The molecule has 2 heterocycles. The van der Waals surface area contributed by atoms with Crippen LogP contribution in [0.15, 0.2) is 12.1 Å². The molecule has 0 aliphatic carbocycles. The highest BCUT2D eigenvalue weighted by molar-refractivity contribution is 6.29. The van der Waals surface area contributed by atoms with Gasteiger partial charge >= 0.3 is 0 Å². The summed E-state index contributed by atoms with van der Waals surface area (Å²) in [6, 6.07) is 3.70. The smallest absolute Gasteiger partial charge is 0.151 e. The lowest BCUT2D eigenvalue weighted by Gasteiger charge is -2.34. The molecule has 0 atom stereocenters. The molecule has 1 saturated heterocycles. The standard InChI is InChI=1S/C11H17ClN4O/c1-17-9-8-15-4-6-16(7-5-15)11-3-2-10(12)13-14-11/h2-3H,4-9H2,1H3. The maximum absolute atomic E-state index is 5.72. The van der Waals surface area contributed by atoms with Crippen molar-refractivity contribution in [2.24, 2.45) is 0 Å². The van der Waals surface area contributed by atoms with E-state index in [4.69, 9.17) is 16.3 Å². The van der Waals surface area contributed by atoms with Crippen molar-refractivity contribution in [1.29, 1.82) is 0 Å². The van der Waals surface area contributed by atoms with E-state index in [1.54, 1.807) is 13.2 Å².